The van der Waals surface area contributed by atoms with Gasteiger partial charge in [-0.25, -0.2) is 9.59 Å². The summed E-state index contributed by atoms with van der Waals surface area (Å²) in [6.07, 6.45) is 0.355. The van der Waals surface area contributed by atoms with Gasteiger partial charge in [-0.15, -0.1) is 0 Å². The van der Waals surface area contributed by atoms with Crippen molar-refractivity contribution in [3.63, 3.8) is 0 Å². The van der Waals surface area contributed by atoms with Crippen LogP contribution in [-0.2, 0) is 14.3 Å². The highest BCUT2D eigenvalue weighted by molar-refractivity contribution is 5.89. The fourth-order valence-electron chi connectivity index (χ4n) is 3.34. The lowest BCUT2D eigenvalue weighted by Crippen LogP contribution is -2.62. The Morgan fingerprint density at radius 1 is 1.21 bits per heavy atom. The number of likely N-dealkylation sites (N-methyl/N-ethyl adjacent to an activating group) is 1. The fraction of sp³-hybridized carbons (Fsp3) is 0.850. The Kier molecular flexibility index (Phi) is 9.35. The van der Waals surface area contributed by atoms with Crippen LogP contribution < -0.4 is 0 Å². The van der Waals surface area contributed by atoms with Crippen molar-refractivity contribution in [2.45, 2.75) is 65.1 Å². The average Bonchev–Trinajstić information content (AvgIpc) is 2.61. The lowest BCUT2D eigenvalue weighted by atomic mass is 10.00. The number of rotatable bonds is 8. The quantitative estimate of drug-likeness (QED) is 0.614. The molecule has 0 spiro atoms. The van der Waals surface area contributed by atoms with Gasteiger partial charge in [0, 0.05) is 39.8 Å². The SMILES string of the molecule is CC(C)C[C@@H](C(=O)N1CCN(CCCO)C[C@@H]1C(=O)O)N(C)C(=O)OC(C)(C)C. The summed E-state index contributed by atoms with van der Waals surface area (Å²) in [5.74, 6) is -1.32. The maximum absolute atomic E-state index is 13.3. The van der Waals surface area contributed by atoms with Crippen molar-refractivity contribution in [3.8, 4) is 0 Å². The monoisotopic (exact) mass is 415 g/mol. The predicted molar refractivity (Wildman–Crippen MR) is 109 cm³/mol. The number of nitrogens with zero attached hydrogens (tertiary/aromatic N) is 3. The maximum Gasteiger partial charge on any atom is 0.410 e. The second-order valence-corrected chi connectivity index (χ2v) is 9.00. The van der Waals surface area contributed by atoms with Crippen LogP contribution in [0.15, 0.2) is 0 Å². The Bertz CT molecular complexity index is 575. The van der Waals surface area contributed by atoms with E-state index in [-0.39, 0.29) is 31.5 Å². The highest BCUT2D eigenvalue weighted by Gasteiger charge is 2.40. The van der Waals surface area contributed by atoms with Gasteiger partial charge < -0.3 is 19.8 Å². The van der Waals surface area contributed by atoms with Crippen molar-refractivity contribution in [3.05, 3.63) is 0 Å². The molecule has 1 saturated heterocycles. The molecule has 0 aromatic carbocycles. The van der Waals surface area contributed by atoms with Gasteiger partial charge in [0.2, 0.25) is 5.91 Å². The van der Waals surface area contributed by atoms with Crippen LogP contribution in [-0.4, -0.2) is 100 Å². The van der Waals surface area contributed by atoms with Gasteiger partial charge in [0.1, 0.15) is 17.7 Å². The van der Waals surface area contributed by atoms with Gasteiger partial charge in [0.05, 0.1) is 0 Å². The molecule has 0 radical (unpaired) electrons. The van der Waals surface area contributed by atoms with Crippen LogP contribution >= 0.6 is 0 Å². The van der Waals surface area contributed by atoms with Crippen LogP contribution in [0, 0.1) is 5.92 Å². The van der Waals surface area contributed by atoms with Crippen LogP contribution in [0.4, 0.5) is 4.79 Å². The second-order valence-electron chi connectivity index (χ2n) is 9.00. The number of aliphatic hydroxyl groups excluding tert-OH is 1. The third kappa shape index (κ3) is 7.81. The molecule has 0 saturated carbocycles. The number of hydrogen-bond acceptors (Lipinski definition) is 6. The van der Waals surface area contributed by atoms with Gasteiger partial charge in [-0.2, -0.15) is 0 Å². The standard InChI is InChI=1S/C20H37N3O6/c1-14(2)12-15(21(6)19(28)29-20(3,4)5)17(25)23-10-9-22(8-7-11-24)13-16(23)18(26)27/h14-16,24H,7-13H2,1-6H3,(H,26,27)/t15-,16+/m0/s1. The third-order valence-corrected chi connectivity index (χ3v) is 4.79. The van der Waals surface area contributed by atoms with E-state index in [0.29, 0.717) is 25.9 Å². The van der Waals surface area contributed by atoms with Gasteiger partial charge >= 0.3 is 12.1 Å². The van der Waals surface area contributed by atoms with Crippen molar-refractivity contribution in [1.29, 1.82) is 0 Å². The Morgan fingerprint density at radius 2 is 1.83 bits per heavy atom. The van der Waals surface area contributed by atoms with Crippen LogP contribution in [0.3, 0.4) is 0 Å². The summed E-state index contributed by atoms with van der Waals surface area (Å²) in [6.45, 7) is 10.8. The number of aliphatic carboxylic acids is 1. The molecule has 0 bridgehead atoms. The minimum absolute atomic E-state index is 0.0357. The van der Waals surface area contributed by atoms with Crippen LogP contribution in [0.1, 0.15) is 47.5 Å². The van der Waals surface area contributed by atoms with Gasteiger partial charge in [0.15, 0.2) is 0 Å². The first kappa shape index (κ1) is 25.2. The van der Waals surface area contributed by atoms with Gasteiger partial charge in [-0.1, -0.05) is 13.8 Å². The molecule has 2 amide bonds. The summed E-state index contributed by atoms with van der Waals surface area (Å²) < 4.78 is 5.40. The zero-order valence-electron chi connectivity index (χ0n) is 18.6. The molecular weight excluding hydrogens is 378 g/mol. The van der Waals surface area contributed by atoms with E-state index in [4.69, 9.17) is 9.84 Å². The van der Waals surface area contributed by atoms with E-state index in [1.165, 1.54) is 16.8 Å². The Morgan fingerprint density at radius 3 is 2.31 bits per heavy atom. The minimum atomic E-state index is -1.07. The molecule has 2 atom stereocenters. The number of ether oxygens (including phenoxy) is 1. The normalized spacial score (nSPS) is 19.2. The molecule has 168 valence electrons. The first-order chi connectivity index (χ1) is 13.4. The van der Waals surface area contributed by atoms with Gasteiger partial charge in [-0.05, 0) is 39.5 Å². The molecular formula is C20H37N3O6. The molecule has 1 fully saturated rings. The minimum Gasteiger partial charge on any atom is -0.480 e. The number of carboxylic acid groups (broad SMARTS) is 1. The first-order valence-electron chi connectivity index (χ1n) is 10.2. The lowest BCUT2D eigenvalue weighted by Gasteiger charge is -2.42. The smallest absolute Gasteiger partial charge is 0.410 e. The van der Waals surface area contributed by atoms with Crippen molar-refractivity contribution in [2.75, 3.05) is 39.8 Å². The molecule has 0 unspecified atom stereocenters. The van der Waals surface area contributed by atoms with E-state index in [1.54, 1.807) is 20.8 Å². The van der Waals surface area contributed by atoms with Gasteiger partial charge in [0.25, 0.3) is 0 Å². The lowest BCUT2D eigenvalue weighted by molar-refractivity contribution is -0.156. The van der Waals surface area contributed by atoms with E-state index in [2.05, 4.69) is 0 Å². The summed E-state index contributed by atoms with van der Waals surface area (Å²) in [5, 5.41) is 18.7. The molecule has 1 aliphatic rings. The van der Waals surface area contributed by atoms with Crippen molar-refractivity contribution >= 4 is 18.0 Å². The summed E-state index contributed by atoms with van der Waals surface area (Å²) in [5.41, 5.74) is -0.696. The molecule has 29 heavy (non-hydrogen) atoms. The van der Waals surface area contributed by atoms with Gasteiger partial charge in [-0.3, -0.25) is 14.6 Å². The Balaban J connectivity index is 3.02. The maximum atomic E-state index is 13.3. The third-order valence-electron chi connectivity index (χ3n) is 4.79. The van der Waals surface area contributed by atoms with Crippen LogP contribution in [0.25, 0.3) is 0 Å². The number of amides is 2. The molecule has 1 rings (SSSR count). The zero-order chi connectivity index (χ0) is 22.4. The highest BCUT2D eigenvalue weighted by atomic mass is 16.6. The van der Waals surface area contributed by atoms with Crippen molar-refractivity contribution in [1.82, 2.24) is 14.7 Å². The molecule has 0 aliphatic carbocycles. The number of piperazine rings is 1. The number of carbonyl (C=O) groups is 3. The fourth-order valence-corrected chi connectivity index (χ4v) is 3.34. The molecule has 9 nitrogen and oxygen atoms in total. The van der Waals surface area contributed by atoms with E-state index in [0.717, 1.165) is 0 Å². The Hall–Kier alpha value is -1.87. The van der Waals surface area contributed by atoms with Crippen molar-refractivity contribution in [2.24, 2.45) is 5.92 Å². The highest BCUT2D eigenvalue weighted by Crippen LogP contribution is 2.20. The first-order valence-corrected chi connectivity index (χ1v) is 10.2. The molecule has 0 aromatic rings. The van der Waals surface area contributed by atoms with E-state index >= 15 is 0 Å². The molecule has 0 aromatic heterocycles. The largest absolute Gasteiger partial charge is 0.480 e. The Labute approximate surface area is 173 Å². The van der Waals surface area contributed by atoms with E-state index in [1.807, 2.05) is 18.7 Å². The molecule has 1 heterocycles. The average molecular weight is 416 g/mol. The molecule has 9 heteroatoms. The zero-order valence-corrected chi connectivity index (χ0v) is 18.6. The molecule has 2 N–H and O–H groups in total. The summed E-state index contributed by atoms with van der Waals surface area (Å²) in [6, 6.07) is -1.78. The number of hydrogen-bond donors (Lipinski definition) is 2. The number of carboxylic acids is 1. The second kappa shape index (κ2) is 10.8. The predicted octanol–water partition coefficient (Wildman–Crippen LogP) is 1.25. The van der Waals surface area contributed by atoms with Crippen LogP contribution in [0.5, 0.6) is 0 Å². The summed E-state index contributed by atoms with van der Waals surface area (Å²) in [4.78, 5) is 42.3. The molecule has 1 aliphatic heterocycles. The summed E-state index contributed by atoms with van der Waals surface area (Å²) in [7, 11) is 1.52. The van der Waals surface area contributed by atoms with E-state index < -0.39 is 29.7 Å². The number of aliphatic hydroxyl groups is 1. The number of carbonyl (C=O) groups excluding carboxylic acids is 2. The van der Waals surface area contributed by atoms with E-state index in [9.17, 15) is 19.5 Å². The summed E-state index contributed by atoms with van der Waals surface area (Å²) >= 11 is 0. The van der Waals surface area contributed by atoms with Crippen LogP contribution in [0.2, 0.25) is 0 Å². The van der Waals surface area contributed by atoms with Crippen molar-refractivity contribution < 1.29 is 29.3 Å². The topological polar surface area (TPSA) is 111 Å².